The highest BCUT2D eigenvalue weighted by Gasteiger charge is 2.30. The van der Waals surface area contributed by atoms with Gasteiger partial charge in [0.15, 0.2) is 11.5 Å². The molecule has 0 radical (unpaired) electrons. The molecular weight excluding hydrogens is 390 g/mol. The van der Waals surface area contributed by atoms with Crippen molar-refractivity contribution in [2.24, 2.45) is 0 Å². The quantitative estimate of drug-likeness (QED) is 0.582. The van der Waals surface area contributed by atoms with Gasteiger partial charge in [-0.1, -0.05) is 35.9 Å². The van der Waals surface area contributed by atoms with Gasteiger partial charge in [0.1, 0.15) is 5.75 Å². The summed E-state index contributed by atoms with van der Waals surface area (Å²) in [7, 11) is 0. The highest BCUT2D eigenvalue weighted by atomic mass is 16.5. The molecule has 160 valence electrons. The van der Waals surface area contributed by atoms with E-state index in [1.54, 1.807) is 24.3 Å². The molecule has 0 aromatic heterocycles. The largest absolute Gasteiger partial charge is 0.508 e. The summed E-state index contributed by atoms with van der Waals surface area (Å²) in [6.45, 7) is 5.08. The molecule has 3 aromatic carbocycles. The Labute approximate surface area is 182 Å². The van der Waals surface area contributed by atoms with Crippen molar-refractivity contribution in [3.8, 4) is 17.2 Å². The molecule has 3 aromatic rings. The monoisotopic (exact) mass is 417 g/mol. The van der Waals surface area contributed by atoms with Gasteiger partial charge in [-0.2, -0.15) is 0 Å². The number of aromatic hydroxyl groups is 2. The molecule has 4 rings (SSSR count). The van der Waals surface area contributed by atoms with Crippen molar-refractivity contribution in [1.82, 2.24) is 4.90 Å². The van der Waals surface area contributed by atoms with E-state index in [2.05, 4.69) is 32.0 Å². The van der Waals surface area contributed by atoms with Gasteiger partial charge in [-0.05, 0) is 72.4 Å². The van der Waals surface area contributed by atoms with E-state index in [0.29, 0.717) is 31.7 Å². The lowest BCUT2D eigenvalue weighted by molar-refractivity contribution is -0.119. The predicted octanol–water partition coefficient (Wildman–Crippen LogP) is 4.44. The van der Waals surface area contributed by atoms with Gasteiger partial charge in [0.05, 0.1) is 12.6 Å². The molecule has 1 heterocycles. The number of carbonyl (C=O) groups is 1. The van der Waals surface area contributed by atoms with Gasteiger partial charge < -0.3 is 19.8 Å². The van der Waals surface area contributed by atoms with Crippen LogP contribution in [0.25, 0.3) is 0 Å². The zero-order valence-corrected chi connectivity index (χ0v) is 17.8. The van der Waals surface area contributed by atoms with Crippen LogP contribution in [0, 0.1) is 13.8 Å². The summed E-state index contributed by atoms with van der Waals surface area (Å²) >= 11 is 0. The van der Waals surface area contributed by atoms with Crippen LogP contribution < -0.4 is 4.74 Å². The van der Waals surface area contributed by atoms with Crippen LogP contribution in [0.4, 0.5) is 0 Å². The van der Waals surface area contributed by atoms with Crippen molar-refractivity contribution >= 4 is 6.41 Å². The second-order valence-electron chi connectivity index (χ2n) is 8.14. The fourth-order valence-corrected chi connectivity index (χ4v) is 4.35. The van der Waals surface area contributed by atoms with E-state index in [4.69, 9.17) is 4.74 Å². The zero-order chi connectivity index (χ0) is 22.0. The van der Waals surface area contributed by atoms with Crippen LogP contribution in [0.5, 0.6) is 17.2 Å². The Kier molecular flexibility index (Phi) is 5.85. The van der Waals surface area contributed by atoms with Crippen LogP contribution in [0.2, 0.25) is 0 Å². The number of hydrogen-bond donors (Lipinski definition) is 2. The Morgan fingerprint density at radius 3 is 2.65 bits per heavy atom. The van der Waals surface area contributed by atoms with Crippen molar-refractivity contribution in [3.63, 3.8) is 0 Å². The number of benzene rings is 3. The number of aryl methyl sites for hydroxylation is 2. The van der Waals surface area contributed by atoms with Gasteiger partial charge in [-0.3, -0.25) is 4.79 Å². The summed E-state index contributed by atoms with van der Waals surface area (Å²) in [5, 5.41) is 20.1. The van der Waals surface area contributed by atoms with Crippen molar-refractivity contribution in [3.05, 3.63) is 88.0 Å². The summed E-state index contributed by atoms with van der Waals surface area (Å²) in [5.74, 6) is 0.731. The first-order valence-corrected chi connectivity index (χ1v) is 10.5. The predicted molar refractivity (Wildman–Crippen MR) is 120 cm³/mol. The molecule has 0 fully saturated rings. The molecule has 1 amide bonds. The number of hydrogen-bond acceptors (Lipinski definition) is 4. The van der Waals surface area contributed by atoms with E-state index in [-0.39, 0.29) is 17.5 Å². The van der Waals surface area contributed by atoms with Gasteiger partial charge in [0.2, 0.25) is 6.41 Å². The average molecular weight is 418 g/mol. The molecule has 0 saturated heterocycles. The third-order valence-corrected chi connectivity index (χ3v) is 5.90. The maximum Gasteiger partial charge on any atom is 0.210 e. The summed E-state index contributed by atoms with van der Waals surface area (Å²) < 4.78 is 5.91. The topological polar surface area (TPSA) is 70.0 Å². The van der Waals surface area contributed by atoms with Gasteiger partial charge in [0.25, 0.3) is 0 Å². The van der Waals surface area contributed by atoms with Gasteiger partial charge in [0, 0.05) is 13.0 Å². The number of nitrogens with zero attached hydrogens (tertiary/aromatic N) is 1. The number of ether oxygens (including phenoxy) is 1. The Balaban J connectivity index is 1.64. The number of phenols is 2. The van der Waals surface area contributed by atoms with Gasteiger partial charge in [-0.25, -0.2) is 0 Å². The molecule has 1 atom stereocenters. The average Bonchev–Trinajstić information content (AvgIpc) is 2.74. The van der Waals surface area contributed by atoms with E-state index in [9.17, 15) is 15.0 Å². The number of rotatable bonds is 6. The molecule has 5 heteroatoms. The van der Waals surface area contributed by atoms with Crippen LogP contribution in [0.3, 0.4) is 0 Å². The maximum absolute atomic E-state index is 11.9. The normalized spacial score (nSPS) is 15.4. The van der Waals surface area contributed by atoms with Crippen molar-refractivity contribution in [2.75, 3.05) is 13.2 Å². The molecular formula is C26H27NO4. The molecule has 5 nitrogen and oxygen atoms in total. The Morgan fingerprint density at radius 1 is 1.06 bits per heavy atom. The third-order valence-electron chi connectivity index (χ3n) is 5.90. The van der Waals surface area contributed by atoms with Crippen LogP contribution in [-0.4, -0.2) is 34.7 Å². The van der Waals surface area contributed by atoms with E-state index in [1.807, 2.05) is 17.0 Å². The summed E-state index contributed by atoms with van der Waals surface area (Å²) in [5.41, 5.74) is 6.35. The van der Waals surface area contributed by atoms with Crippen molar-refractivity contribution in [1.29, 1.82) is 0 Å². The molecule has 0 bridgehead atoms. The first-order valence-electron chi connectivity index (χ1n) is 10.5. The Bertz CT molecular complexity index is 1110. The molecule has 1 aliphatic rings. The maximum atomic E-state index is 11.9. The highest BCUT2D eigenvalue weighted by molar-refractivity contribution is 5.58. The van der Waals surface area contributed by atoms with E-state index in [1.165, 1.54) is 5.56 Å². The van der Waals surface area contributed by atoms with Gasteiger partial charge in [-0.15, -0.1) is 0 Å². The molecule has 0 saturated carbocycles. The van der Waals surface area contributed by atoms with Crippen molar-refractivity contribution in [2.45, 2.75) is 32.7 Å². The second-order valence-corrected chi connectivity index (χ2v) is 8.14. The zero-order valence-electron chi connectivity index (χ0n) is 17.8. The summed E-state index contributed by atoms with van der Waals surface area (Å²) in [6.07, 6.45) is 2.20. The number of fused-ring (bicyclic) bond motifs is 1. The molecule has 0 spiro atoms. The smallest absolute Gasteiger partial charge is 0.210 e. The third kappa shape index (κ3) is 4.36. The SMILES string of the molecule is Cc1ccc(C2c3cc(OCCc4cccc(O)c4)c(O)cc3CCN2C=O)c(C)c1. The van der Waals surface area contributed by atoms with Crippen molar-refractivity contribution < 1.29 is 19.7 Å². The number of carbonyl (C=O) groups excluding carboxylic acids is 1. The van der Waals surface area contributed by atoms with Crippen LogP contribution >= 0.6 is 0 Å². The highest BCUT2D eigenvalue weighted by Crippen LogP contribution is 2.41. The minimum absolute atomic E-state index is 0.105. The molecule has 31 heavy (non-hydrogen) atoms. The van der Waals surface area contributed by atoms with Crippen LogP contribution in [-0.2, 0) is 17.6 Å². The minimum Gasteiger partial charge on any atom is -0.508 e. The fourth-order valence-electron chi connectivity index (χ4n) is 4.35. The number of phenolic OH excluding ortho intramolecular Hbond substituents is 2. The minimum atomic E-state index is -0.212. The lowest BCUT2D eigenvalue weighted by Gasteiger charge is -2.36. The lowest BCUT2D eigenvalue weighted by Crippen LogP contribution is -2.35. The molecule has 1 aliphatic heterocycles. The second kappa shape index (κ2) is 8.72. The Hall–Kier alpha value is -3.47. The first kappa shape index (κ1) is 20.8. The fraction of sp³-hybridized carbons (Fsp3) is 0.269. The van der Waals surface area contributed by atoms with E-state index >= 15 is 0 Å². The summed E-state index contributed by atoms with van der Waals surface area (Å²) in [6, 6.07) is 16.7. The Morgan fingerprint density at radius 2 is 1.90 bits per heavy atom. The van der Waals surface area contributed by atoms with Gasteiger partial charge >= 0.3 is 0 Å². The number of amides is 1. The lowest BCUT2D eigenvalue weighted by atomic mass is 9.86. The van der Waals surface area contributed by atoms with Crippen LogP contribution in [0.15, 0.2) is 54.6 Å². The van der Waals surface area contributed by atoms with E-state index < -0.39 is 0 Å². The van der Waals surface area contributed by atoms with Crippen LogP contribution in [0.1, 0.15) is 39.4 Å². The summed E-state index contributed by atoms with van der Waals surface area (Å²) in [4.78, 5) is 13.7. The van der Waals surface area contributed by atoms with E-state index in [0.717, 1.165) is 34.2 Å². The standard InChI is InChI=1S/C26H27NO4/c1-17-6-7-22(18(2)12-17)26-23-15-25(24(30)14-20(23)8-10-27(26)16-28)31-11-9-19-4-3-5-21(29)13-19/h3-7,12-16,26,29-30H,8-11H2,1-2H3. The first-order chi connectivity index (χ1) is 15.0. The molecule has 0 aliphatic carbocycles. The molecule has 1 unspecified atom stereocenters. The molecule has 2 N–H and O–H groups in total.